The Balaban J connectivity index is 2.21. The smallest absolute Gasteiger partial charge is 0.0494 e. The minimum absolute atomic E-state index is 0.00879. The molecule has 2 atom stereocenters. The Bertz CT molecular complexity index is 198. The summed E-state index contributed by atoms with van der Waals surface area (Å²) in [7, 11) is 0. The molecule has 2 unspecified atom stereocenters. The van der Waals surface area contributed by atoms with Crippen LogP contribution in [0.4, 0.5) is 0 Å². The van der Waals surface area contributed by atoms with Crippen molar-refractivity contribution in [2.24, 2.45) is 5.41 Å². The molecule has 3 heteroatoms. The van der Waals surface area contributed by atoms with Crippen LogP contribution in [0.2, 0.25) is 0 Å². The molecule has 3 N–H and O–H groups in total. The summed E-state index contributed by atoms with van der Waals surface area (Å²) in [6, 6.07) is 1.20. The van der Waals surface area contributed by atoms with Gasteiger partial charge in [-0.25, -0.2) is 0 Å². The molecule has 0 aromatic rings. The van der Waals surface area contributed by atoms with E-state index in [9.17, 15) is 5.11 Å². The van der Waals surface area contributed by atoms with Crippen molar-refractivity contribution >= 4 is 0 Å². The van der Waals surface area contributed by atoms with Crippen LogP contribution in [-0.2, 0) is 0 Å². The summed E-state index contributed by atoms with van der Waals surface area (Å²) in [4.78, 5) is 0. The van der Waals surface area contributed by atoms with Gasteiger partial charge in [0.1, 0.15) is 0 Å². The van der Waals surface area contributed by atoms with E-state index >= 15 is 0 Å². The van der Waals surface area contributed by atoms with Crippen LogP contribution in [0, 0.1) is 5.41 Å². The van der Waals surface area contributed by atoms with Gasteiger partial charge in [0.15, 0.2) is 0 Å². The Labute approximate surface area is 106 Å². The van der Waals surface area contributed by atoms with Gasteiger partial charge in [-0.2, -0.15) is 0 Å². The molecule has 0 aliphatic carbocycles. The van der Waals surface area contributed by atoms with E-state index in [0.29, 0.717) is 12.1 Å². The third-order valence-electron chi connectivity index (χ3n) is 3.66. The fourth-order valence-electron chi connectivity index (χ4n) is 2.32. The molecule has 102 valence electrons. The highest BCUT2D eigenvalue weighted by Crippen LogP contribution is 2.15. The van der Waals surface area contributed by atoms with Gasteiger partial charge in [-0.15, -0.1) is 0 Å². The summed E-state index contributed by atoms with van der Waals surface area (Å²) in [5.74, 6) is 0. The van der Waals surface area contributed by atoms with Crippen molar-refractivity contribution in [1.82, 2.24) is 10.6 Å². The van der Waals surface area contributed by atoms with Crippen molar-refractivity contribution in [1.29, 1.82) is 0 Å². The standard InChI is InChI=1S/C14H30N2O/c1-12(16-10-14(2,3)11-17)9-13-7-5-4-6-8-15-13/h12-13,15-17H,4-11H2,1-3H3. The van der Waals surface area contributed by atoms with Crippen molar-refractivity contribution in [2.75, 3.05) is 19.7 Å². The van der Waals surface area contributed by atoms with Crippen molar-refractivity contribution in [3.8, 4) is 0 Å². The minimum Gasteiger partial charge on any atom is -0.396 e. The first-order valence-electron chi connectivity index (χ1n) is 7.11. The molecular weight excluding hydrogens is 212 g/mol. The maximum absolute atomic E-state index is 9.21. The Kier molecular flexibility index (Phi) is 6.45. The molecule has 1 fully saturated rings. The molecular formula is C14H30N2O. The number of rotatable bonds is 6. The maximum Gasteiger partial charge on any atom is 0.0494 e. The molecule has 3 nitrogen and oxygen atoms in total. The second kappa shape index (κ2) is 7.34. The summed E-state index contributed by atoms with van der Waals surface area (Å²) in [6.07, 6.45) is 6.59. The van der Waals surface area contributed by atoms with Gasteiger partial charge in [0, 0.05) is 30.7 Å². The third kappa shape index (κ3) is 6.39. The molecule has 0 spiro atoms. The lowest BCUT2D eigenvalue weighted by Gasteiger charge is -2.27. The van der Waals surface area contributed by atoms with Gasteiger partial charge >= 0.3 is 0 Å². The second-order valence-electron chi connectivity index (χ2n) is 6.34. The lowest BCUT2D eigenvalue weighted by molar-refractivity contribution is 0.152. The molecule has 0 aromatic carbocycles. The van der Waals surface area contributed by atoms with E-state index in [4.69, 9.17) is 0 Å². The van der Waals surface area contributed by atoms with Crippen LogP contribution in [0.1, 0.15) is 52.9 Å². The zero-order chi connectivity index (χ0) is 12.7. The van der Waals surface area contributed by atoms with E-state index in [0.717, 1.165) is 6.54 Å². The highest BCUT2D eigenvalue weighted by Gasteiger charge is 2.19. The Morgan fingerprint density at radius 1 is 1.35 bits per heavy atom. The summed E-state index contributed by atoms with van der Waals surface area (Å²) in [5.41, 5.74) is -0.00879. The molecule has 1 aliphatic rings. The summed E-state index contributed by atoms with van der Waals surface area (Å²) in [5, 5.41) is 16.4. The summed E-state index contributed by atoms with van der Waals surface area (Å²) < 4.78 is 0. The lowest BCUT2D eigenvalue weighted by atomic mass is 9.94. The van der Waals surface area contributed by atoms with Gasteiger partial charge in [0.25, 0.3) is 0 Å². The molecule has 1 saturated heterocycles. The number of hydrogen-bond donors (Lipinski definition) is 3. The average Bonchev–Trinajstić information content (AvgIpc) is 2.55. The van der Waals surface area contributed by atoms with Crippen molar-refractivity contribution < 1.29 is 5.11 Å². The molecule has 0 aromatic heterocycles. The van der Waals surface area contributed by atoms with Crippen LogP contribution in [0.15, 0.2) is 0 Å². The van der Waals surface area contributed by atoms with E-state index in [1.165, 1.54) is 38.6 Å². The monoisotopic (exact) mass is 242 g/mol. The number of aliphatic hydroxyl groups is 1. The fraction of sp³-hybridized carbons (Fsp3) is 1.00. The normalized spacial score (nSPS) is 24.4. The largest absolute Gasteiger partial charge is 0.396 e. The van der Waals surface area contributed by atoms with Crippen LogP contribution >= 0.6 is 0 Å². The average molecular weight is 242 g/mol. The first-order valence-corrected chi connectivity index (χ1v) is 7.11. The predicted molar refractivity (Wildman–Crippen MR) is 73.2 cm³/mol. The van der Waals surface area contributed by atoms with Crippen LogP contribution in [0.25, 0.3) is 0 Å². The predicted octanol–water partition coefficient (Wildman–Crippen LogP) is 1.91. The number of hydrogen-bond acceptors (Lipinski definition) is 3. The molecule has 0 saturated carbocycles. The van der Waals surface area contributed by atoms with E-state index < -0.39 is 0 Å². The lowest BCUT2D eigenvalue weighted by Crippen LogP contribution is -2.41. The van der Waals surface area contributed by atoms with Gasteiger partial charge in [0.05, 0.1) is 0 Å². The maximum atomic E-state index is 9.21. The quantitative estimate of drug-likeness (QED) is 0.666. The third-order valence-corrected chi connectivity index (χ3v) is 3.66. The van der Waals surface area contributed by atoms with Gasteiger partial charge in [0.2, 0.25) is 0 Å². The first-order chi connectivity index (χ1) is 8.03. The highest BCUT2D eigenvalue weighted by molar-refractivity contribution is 4.78. The molecule has 0 bridgehead atoms. The molecule has 1 rings (SSSR count). The minimum atomic E-state index is -0.00879. The van der Waals surface area contributed by atoms with Crippen molar-refractivity contribution in [3.63, 3.8) is 0 Å². The van der Waals surface area contributed by atoms with Gasteiger partial charge < -0.3 is 15.7 Å². The van der Waals surface area contributed by atoms with Gasteiger partial charge in [-0.3, -0.25) is 0 Å². The highest BCUT2D eigenvalue weighted by atomic mass is 16.3. The summed E-state index contributed by atoms with van der Waals surface area (Å²) >= 11 is 0. The van der Waals surface area contributed by atoms with Crippen LogP contribution in [0.5, 0.6) is 0 Å². The summed E-state index contributed by atoms with van der Waals surface area (Å²) in [6.45, 7) is 8.75. The van der Waals surface area contributed by atoms with Crippen LogP contribution in [0.3, 0.4) is 0 Å². The number of nitrogens with one attached hydrogen (secondary N) is 2. The van der Waals surface area contributed by atoms with Crippen LogP contribution < -0.4 is 10.6 Å². The molecule has 1 heterocycles. The molecule has 0 amide bonds. The Hall–Kier alpha value is -0.120. The van der Waals surface area contributed by atoms with E-state index in [1.54, 1.807) is 0 Å². The van der Waals surface area contributed by atoms with Crippen molar-refractivity contribution in [2.45, 2.75) is 65.0 Å². The van der Waals surface area contributed by atoms with E-state index in [1.807, 2.05) is 0 Å². The number of aliphatic hydroxyl groups excluding tert-OH is 1. The van der Waals surface area contributed by atoms with Gasteiger partial charge in [-0.1, -0.05) is 26.7 Å². The van der Waals surface area contributed by atoms with Crippen LogP contribution in [-0.4, -0.2) is 36.9 Å². The fourth-order valence-corrected chi connectivity index (χ4v) is 2.32. The SMILES string of the molecule is CC(CC1CCCCCN1)NCC(C)(C)CO. The topological polar surface area (TPSA) is 44.3 Å². The second-order valence-corrected chi connectivity index (χ2v) is 6.34. The molecule has 0 radical (unpaired) electrons. The van der Waals surface area contributed by atoms with E-state index in [-0.39, 0.29) is 12.0 Å². The first kappa shape index (κ1) is 14.9. The molecule has 1 aliphatic heterocycles. The molecule has 17 heavy (non-hydrogen) atoms. The van der Waals surface area contributed by atoms with Gasteiger partial charge in [-0.05, 0) is 32.7 Å². The zero-order valence-corrected chi connectivity index (χ0v) is 11.8. The Morgan fingerprint density at radius 3 is 2.82 bits per heavy atom. The zero-order valence-electron chi connectivity index (χ0n) is 11.8. The van der Waals surface area contributed by atoms with Crippen molar-refractivity contribution in [3.05, 3.63) is 0 Å². The van der Waals surface area contributed by atoms with E-state index in [2.05, 4.69) is 31.4 Å². The Morgan fingerprint density at radius 2 is 2.12 bits per heavy atom.